The number of anilines is 1. The second kappa shape index (κ2) is 9.66. The topological polar surface area (TPSA) is 101 Å². The van der Waals surface area contributed by atoms with Crippen LogP contribution in [0.5, 0.6) is 0 Å². The number of carbonyl (C=O) groups is 1. The Morgan fingerprint density at radius 2 is 2.00 bits per heavy atom. The second-order valence-electron chi connectivity index (χ2n) is 9.69. The van der Waals surface area contributed by atoms with Crippen molar-refractivity contribution in [2.24, 2.45) is 0 Å². The van der Waals surface area contributed by atoms with Crippen LogP contribution in [0.15, 0.2) is 46.3 Å². The van der Waals surface area contributed by atoms with E-state index in [-0.39, 0.29) is 17.7 Å². The molecule has 9 nitrogen and oxygen atoms in total. The maximum Gasteiger partial charge on any atom is 0.233 e. The standard InChI is InChI=1S/C25H30N6O3S/c32-20-12-19-14-29(13-17-6-4-10-26-23(17)30(19)15-20)22(33)16-35-25-28-27-24(21-9-5-11-34-21)31(25)18-7-2-1-3-8-18/h4-6,9-11,18-20,32H,1-3,7-8,12-16H2/t19-,20+/m0/s1. The smallest absolute Gasteiger partial charge is 0.233 e. The molecule has 0 bridgehead atoms. The molecule has 2 atom stereocenters. The summed E-state index contributed by atoms with van der Waals surface area (Å²) in [6, 6.07) is 8.10. The number of hydrogen-bond donors (Lipinski definition) is 1. The van der Waals surface area contributed by atoms with Crippen molar-refractivity contribution in [2.45, 2.75) is 68.4 Å². The fourth-order valence-electron chi connectivity index (χ4n) is 5.69. The van der Waals surface area contributed by atoms with E-state index in [1.165, 1.54) is 31.0 Å². The summed E-state index contributed by atoms with van der Waals surface area (Å²) < 4.78 is 7.83. The molecule has 2 aliphatic heterocycles. The number of fused-ring (bicyclic) bond motifs is 3. The highest BCUT2D eigenvalue weighted by Crippen LogP contribution is 2.36. The van der Waals surface area contributed by atoms with Crippen LogP contribution in [-0.4, -0.2) is 66.7 Å². The largest absolute Gasteiger partial charge is 0.461 e. The third kappa shape index (κ3) is 4.45. The minimum Gasteiger partial charge on any atom is -0.461 e. The number of aliphatic hydroxyl groups excluding tert-OH is 1. The minimum atomic E-state index is -0.395. The Bertz CT molecular complexity index is 1180. The van der Waals surface area contributed by atoms with E-state index in [0.29, 0.717) is 37.9 Å². The molecule has 10 heteroatoms. The van der Waals surface area contributed by atoms with E-state index < -0.39 is 6.10 Å². The van der Waals surface area contributed by atoms with E-state index in [1.807, 2.05) is 29.2 Å². The number of aliphatic hydroxyl groups is 1. The van der Waals surface area contributed by atoms with Crippen molar-refractivity contribution >= 4 is 23.5 Å². The molecule has 35 heavy (non-hydrogen) atoms. The van der Waals surface area contributed by atoms with E-state index in [4.69, 9.17) is 4.42 Å². The molecule has 1 amide bonds. The second-order valence-corrected chi connectivity index (χ2v) is 10.6. The Balaban J connectivity index is 1.22. The zero-order valence-electron chi connectivity index (χ0n) is 19.6. The van der Waals surface area contributed by atoms with Crippen LogP contribution in [0.4, 0.5) is 5.82 Å². The van der Waals surface area contributed by atoms with Gasteiger partial charge >= 0.3 is 0 Å². The van der Waals surface area contributed by atoms with E-state index in [1.54, 1.807) is 12.5 Å². The molecule has 1 saturated heterocycles. The number of pyridine rings is 1. The molecule has 1 aliphatic carbocycles. The van der Waals surface area contributed by atoms with Gasteiger partial charge in [0, 0.05) is 37.4 Å². The highest BCUT2D eigenvalue weighted by molar-refractivity contribution is 7.99. The highest BCUT2D eigenvalue weighted by atomic mass is 32.2. The molecule has 0 unspecified atom stereocenters. The monoisotopic (exact) mass is 494 g/mol. The Hall–Kier alpha value is -2.85. The normalized spacial score (nSPS) is 22.7. The fourth-order valence-corrected chi connectivity index (χ4v) is 6.59. The predicted octanol–water partition coefficient (Wildman–Crippen LogP) is 3.51. The van der Waals surface area contributed by atoms with E-state index in [9.17, 15) is 9.90 Å². The molecule has 184 valence electrons. The molecule has 2 fully saturated rings. The molecule has 6 rings (SSSR count). The molecular formula is C25H30N6O3S. The van der Waals surface area contributed by atoms with Gasteiger partial charge in [-0.15, -0.1) is 10.2 Å². The van der Waals surface area contributed by atoms with Crippen LogP contribution in [0, 0.1) is 0 Å². The summed E-state index contributed by atoms with van der Waals surface area (Å²) in [7, 11) is 0. The maximum atomic E-state index is 13.5. The third-order valence-corrected chi connectivity index (χ3v) is 8.28. The van der Waals surface area contributed by atoms with Crippen molar-refractivity contribution in [1.29, 1.82) is 0 Å². The van der Waals surface area contributed by atoms with E-state index >= 15 is 0 Å². The molecule has 3 aromatic rings. The van der Waals surface area contributed by atoms with Gasteiger partial charge in [0.15, 0.2) is 10.9 Å². The Morgan fingerprint density at radius 3 is 2.83 bits per heavy atom. The first-order valence-electron chi connectivity index (χ1n) is 12.5. The van der Waals surface area contributed by atoms with Gasteiger partial charge in [0.05, 0.1) is 24.2 Å². The number of carbonyl (C=O) groups excluding carboxylic acids is 1. The Morgan fingerprint density at radius 1 is 1.11 bits per heavy atom. The van der Waals surface area contributed by atoms with Gasteiger partial charge in [-0.2, -0.15) is 0 Å². The van der Waals surface area contributed by atoms with Crippen molar-refractivity contribution in [3.05, 3.63) is 42.3 Å². The lowest BCUT2D eigenvalue weighted by molar-refractivity contribution is -0.129. The van der Waals surface area contributed by atoms with E-state index in [0.717, 1.165) is 35.2 Å². The number of amides is 1. The quantitative estimate of drug-likeness (QED) is 0.538. The number of thioether (sulfide) groups is 1. The first-order valence-corrected chi connectivity index (χ1v) is 13.4. The molecule has 5 heterocycles. The number of nitrogens with zero attached hydrogens (tertiary/aromatic N) is 6. The van der Waals surface area contributed by atoms with Crippen LogP contribution >= 0.6 is 11.8 Å². The lowest BCUT2D eigenvalue weighted by atomic mass is 9.95. The van der Waals surface area contributed by atoms with Gasteiger partial charge in [-0.25, -0.2) is 4.98 Å². The van der Waals surface area contributed by atoms with Gasteiger partial charge in [-0.3, -0.25) is 9.36 Å². The molecule has 3 aliphatic rings. The number of rotatable bonds is 5. The summed E-state index contributed by atoms with van der Waals surface area (Å²) in [4.78, 5) is 22.1. The number of hydrogen-bond acceptors (Lipinski definition) is 8. The van der Waals surface area contributed by atoms with Crippen molar-refractivity contribution in [2.75, 3.05) is 23.7 Å². The van der Waals surface area contributed by atoms with Crippen LogP contribution < -0.4 is 4.90 Å². The molecule has 0 spiro atoms. The summed E-state index contributed by atoms with van der Waals surface area (Å²) in [5, 5.41) is 20.0. The summed E-state index contributed by atoms with van der Waals surface area (Å²) in [5.74, 6) is 2.68. The van der Waals surface area contributed by atoms with Crippen LogP contribution in [-0.2, 0) is 11.3 Å². The van der Waals surface area contributed by atoms with Gasteiger partial charge in [0.2, 0.25) is 11.7 Å². The maximum absolute atomic E-state index is 13.5. The van der Waals surface area contributed by atoms with Gasteiger partial charge in [0.25, 0.3) is 0 Å². The molecule has 1 N–H and O–H groups in total. The zero-order valence-corrected chi connectivity index (χ0v) is 20.4. The lowest BCUT2D eigenvalue weighted by Crippen LogP contribution is -2.41. The highest BCUT2D eigenvalue weighted by Gasteiger charge is 2.38. The van der Waals surface area contributed by atoms with Gasteiger partial charge in [-0.1, -0.05) is 37.1 Å². The summed E-state index contributed by atoms with van der Waals surface area (Å²) >= 11 is 1.45. The first-order chi connectivity index (χ1) is 17.2. The number of furan rings is 1. The molecular weight excluding hydrogens is 464 g/mol. The predicted molar refractivity (Wildman–Crippen MR) is 132 cm³/mol. The molecule has 1 saturated carbocycles. The van der Waals surface area contributed by atoms with Crippen LogP contribution in [0.3, 0.4) is 0 Å². The molecule has 3 aromatic heterocycles. The van der Waals surface area contributed by atoms with Gasteiger partial charge in [-0.05, 0) is 37.5 Å². The van der Waals surface area contributed by atoms with Crippen LogP contribution in [0.2, 0.25) is 0 Å². The fraction of sp³-hybridized carbons (Fsp3) is 0.520. The van der Waals surface area contributed by atoms with Crippen molar-refractivity contribution in [3.63, 3.8) is 0 Å². The Labute approximate surface area is 208 Å². The third-order valence-electron chi connectivity index (χ3n) is 7.35. The summed E-state index contributed by atoms with van der Waals surface area (Å²) in [6.45, 7) is 1.67. The van der Waals surface area contributed by atoms with Crippen LogP contribution in [0.1, 0.15) is 50.1 Å². The van der Waals surface area contributed by atoms with E-state index in [2.05, 4.69) is 24.6 Å². The average Bonchev–Trinajstić information content (AvgIpc) is 3.61. The van der Waals surface area contributed by atoms with Crippen LogP contribution in [0.25, 0.3) is 11.6 Å². The summed E-state index contributed by atoms with van der Waals surface area (Å²) in [6.07, 6.45) is 9.50. The SMILES string of the molecule is O=C(CSc1nnc(-c2ccco2)n1C1CCCCC1)N1Cc2cccnc2N2C[C@H](O)C[C@H]2C1. The molecule has 0 aromatic carbocycles. The lowest BCUT2D eigenvalue weighted by Gasteiger charge is -2.27. The first kappa shape index (κ1) is 22.6. The summed E-state index contributed by atoms with van der Waals surface area (Å²) in [5.41, 5.74) is 1.02. The van der Waals surface area contributed by atoms with Gasteiger partial charge in [0.1, 0.15) is 5.82 Å². The Kier molecular flexibility index (Phi) is 6.24. The zero-order chi connectivity index (χ0) is 23.8. The number of aromatic nitrogens is 4. The van der Waals surface area contributed by atoms with Crippen molar-refractivity contribution in [1.82, 2.24) is 24.6 Å². The minimum absolute atomic E-state index is 0.0609. The van der Waals surface area contributed by atoms with Crippen molar-refractivity contribution in [3.8, 4) is 11.6 Å². The van der Waals surface area contributed by atoms with Crippen molar-refractivity contribution < 1.29 is 14.3 Å². The van der Waals surface area contributed by atoms with Gasteiger partial charge < -0.3 is 19.3 Å². The average molecular weight is 495 g/mol. The molecule has 0 radical (unpaired) electrons.